The zero-order chi connectivity index (χ0) is 16.2. The maximum absolute atomic E-state index is 12.6. The summed E-state index contributed by atoms with van der Waals surface area (Å²) in [5.41, 5.74) is 1.65. The fraction of sp³-hybridized carbons (Fsp3) is 0.556. The molecule has 23 heavy (non-hydrogen) atoms. The molecule has 1 saturated carbocycles. The summed E-state index contributed by atoms with van der Waals surface area (Å²) in [6, 6.07) is 9.88. The van der Waals surface area contributed by atoms with Crippen molar-refractivity contribution in [3.05, 3.63) is 29.8 Å². The summed E-state index contributed by atoms with van der Waals surface area (Å²) in [6.45, 7) is 3.05. The largest absolute Gasteiger partial charge is 0.393 e. The summed E-state index contributed by atoms with van der Waals surface area (Å²) < 4.78 is 0. The summed E-state index contributed by atoms with van der Waals surface area (Å²) in [5, 5.41) is 18.9. The summed E-state index contributed by atoms with van der Waals surface area (Å²) in [5.74, 6) is 0.180. The number of aliphatic hydroxyl groups excluding tert-OH is 1. The van der Waals surface area contributed by atoms with Crippen molar-refractivity contribution in [1.82, 2.24) is 4.90 Å². The van der Waals surface area contributed by atoms with Crippen LogP contribution < -0.4 is 4.90 Å². The van der Waals surface area contributed by atoms with Crippen molar-refractivity contribution in [2.24, 2.45) is 5.92 Å². The van der Waals surface area contributed by atoms with E-state index >= 15 is 0 Å². The molecule has 1 aliphatic heterocycles. The summed E-state index contributed by atoms with van der Waals surface area (Å²) in [4.78, 5) is 16.8. The number of nitrogens with zero attached hydrogens (tertiary/aromatic N) is 3. The third-order valence-corrected chi connectivity index (χ3v) is 4.93. The topological polar surface area (TPSA) is 67.6 Å². The Labute approximate surface area is 137 Å². The minimum absolute atomic E-state index is 0.0112. The van der Waals surface area contributed by atoms with E-state index in [4.69, 9.17) is 0 Å². The van der Waals surface area contributed by atoms with E-state index < -0.39 is 0 Å². The van der Waals surface area contributed by atoms with Gasteiger partial charge in [0.15, 0.2) is 0 Å². The monoisotopic (exact) mass is 313 g/mol. The van der Waals surface area contributed by atoms with E-state index in [0.717, 1.165) is 44.6 Å². The normalized spacial score (nSPS) is 25.0. The van der Waals surface area contributed by atoms with Gasteiger partial charge in [-0.1, -0.05) is 12.1 Å². The molecule has 122 valence electrons. The van der Waals surface area contributed by atoms with Crippen LogP contribution in [0.25, 0.3) is 0 Å². The smallest absolute Gasteiger partial charge is 0.225 e. The van der Waals surface area contributed by atoms with Crippen molar-refractivity contribution in [2.45, 2.75) is 31.8 Å². The van der Waals surface area contributed by atoms with Crippen LogP contribution >= 0.6 is 0 Å². The van der Waals surface area contributed by atoms with Crippen LogP contribution in [0.2, 0.25) is 0 Å². The third kappa shape index (κ3) is 3.48. The molecular formula is C18H23N3O2. The molecule has 0 unspecified atom stereocenters. The first kappa shape index (κ1) is 15.8. The Bertz CT molecular complexity index is 611. The van der Waals surface area contributed by atoms with Crippen molar-refractivity contribution in [3.63, 3.8) is 0 Å². The first-order valence-corrected chi connectivity index (χ1v) is 8.40. The lowest BCUT2D eigenvalue weighted by Gasteiger charge is -2.25. The lowest BCUT2D eigenvalue weighted by Crippen LogP contribution is -2.38. The fourth-order valence-corrected chi connectivity index (χ4v) is 3.66. The standard InChI is InChI=1S/C18H23N3O2/c19-13-15-4-1-2-5-17(15)20-8-3-9-21(11-10-20)18(23)14-6-7-16(22)12-14/h1-2,4-5,14,16,22H,3,6-12H2/t14-,16-/m1/s1. The Balaban J connectivity index is 1.65. The maximum atomic E-state index is 12.6. The minimum atomic E-state index is -0.310. The molecule has 5 nitrogen and oxygen atoms in total. The predicted molar refractivity (Wildman–Crippen MR) is 87.9 cm³/mol. The second kappa shape index (κ2) is 7.01. The highest BCUT2D eigenvalue weighted by molar-refractivity contribution is 5.79. The van der Waals surface area contributed by atoms with Crippen LogP contribution in [0.3, 0.4) is 0 Å². The lowest BCUT2D eigenvalue weighted by atomic mass is 10.1. The highest BCUT2D eigenvalue weighted by Gasteiger charge is 2.32. The van der Waals surface area contributed by atoms with Gasteiger partial charge in [-0.2, -0.15) is 5.26 Å². The predicted octanol–water partition coefficient (Wildman–Crippen LogP) is 1.76. The second-order valence-electron chi connectivity index (χ2n) is 6.46. The van der Waals surface area contributed by atoms with E-state index in [-0.39, 0.29) is 17.9 Å². The minimum Gasteiger partial charge on any atom is -0.393 e. The molecule has 2 fully saturated rings. The molecule has 0 spiro atoms. The Hall–Kier alpha value is -2.06. The Morgan fingerprint density at radius 3 is 2.74 bits per heavy atom. The molecule has 3 rings (SSSR count). The number of anilines is 1. The number of hydrogen-bond donors (Lipinski definition) is 1. The number of hydrogen-bond acceptors (Lipinski definition) is 4. The molecule has 1 amide bonds. The molecule has 2 atom stereocenters. The van der Waals surface area contributed by atoms with Crippen molar-refractivity contribution >= 4 is 11.6 Å². The molecule has 0 bridgehead atoms. The zero-order valence-electron chi connectivity index (χ0n) is 13.3. The Morgan fingerprint density at radius 1 is 1.17 bits per heavy atom. The zero-order valence-corrected chi connectivity index (χ0v) is 13.3. The van der Waals surface area contributed by atoms with Crippen LogP contribution in [-0.2, 0) is 4.79 Å². The molecule has 2 aliphatic rings. The molecule has 1 heterocycles. The van der Waals surface area contributed by atoms with Gasteiger partial charge < -0.3 is 14.9 Å². The van der Waals surface area contributed by atoms with Crippen LogP contribution in [0.5, 0.6) is 0 Å². The van der Waals surface area contributed by atoms with Gasteiger partial charge in [0.25, 0.3) is 0 Å². The Kier molecular flexibility index (Phi) is 4.82. The first-order chi connectivity index (χ1) is 11.2. The molecule has 1 N–H and O–H groups in total. The van der Waals surface area contributed by atoms with Gasteiger partial charge in [0.1, 0.15) is 6.07 Å². The number of rotatable bonds is 2. The second-order valence-corrected chi connectivity index (χ2v) is 6.46. The quantitative estimate of drug-likeness (QED) is 0.903. The molecule has 5 heteroatoms. The van der Waals surface area contributed by atoms with Crippen molar-refractivity contribution in [3.8, 4) is 6.07 Å². The summed E-state index contributed by atoms with van der Waals surface area (Å²) in [7, 11) is 0. The molecule has 1 aromatic carbocycles. The molecule has 1 saturated heterocycles. The van der Waals surface area contributed by atoms with Gasteiger partial charge in [-0.15, -0.1) is 0 Å². The average Bonchev–Trinajstić information content (AvgIpc) is 2.87. The molecule has 0 aromatic heterocycles. The number of para-hydroxylation sites is 1. The third-order valence-electron chi connectivity index (χ3n) is 4.93. The van der Waals surface area contributed by atoms with Gasteiger partial charge in [0.2, 0.25) is 5.91 Å². The van der Waals surface area contributed by atoms with E-state index in [2.05, 4.69) is 11.0 Å². The number of carbonyl (C=O) groups excluding carboxylic acids is 1. The van der Waals surface area contributed by atoms with Crippen molar-refractivity contribution in [2.75, 3.05) is 31.1 Å². The fourth-order valence-electron chi connectivity index (χ4n) is 3.66. The van der Waals surface area contributed by atoms with Gasteiger partial charge in [-0.05, 0) is 37.8 Å². The summed E-state index contributed by atoms with van der Waals surface area (Å²) >= 11 is 0. The van der Waals surface area contributed by atoms with Crippen LogP contribution in [0.1, 0.15) is 31.2 Å². The molecule has 1 aromatic rings. The molecule has 0 radical (unpaired) electrons. The van der Waals surface area contributed by atoms with Gasteiger partial charge in [-0.3, -0.25) is 4.79 Å². The van der Waals surface area contributed by atoms with E-state index in [1.165, 1.54) is 0 Å². The average molecular weight is 313 g/mol. The number of aliphatic hydroxyl groups is 1. The van der Waals surface area contributed by atoms with E-state index in [9.17, 15) is 15.2 Å². The van der Waals surface area contributed by atoms with Gasteiger partial charge >= 0.3 is 0 Å². The SMILES string of the molecule is N#Cc1ccccc1N1CCCN(C(=O)[C@@H]2CC[C@@H](O)C2)CC1. The van der Waals surface area contributed by atoms with E-state index in [1.54, 1.807) is 0 Å². The maximum Gasteiger partial charge on any atom is 0.225 e. The van der Waals surface area contributed by atoms with Gasteiger partial charge in [0.05, 0.1) is 17.4 Å². The number of amides is 1. The van der Waals surface area contributed by atoms with Crippen molar-refractivity contribution < 1.29 is 9.90 Å². The molecule has 1 aliphatic carbocycles. The van der Waals surface area contributed by atoms with Crippen LogP contribution in [0.4, 0.5) is 5.69 Å². The van der Waals surface area contributed by atoms with E-state index in [1.807, 2.05) is 29.2 Å². The first-order valence-electron chi connectivity index (χ1n) is 8.40. The van der Waals surface area contributed by atoms with E-state index in [0.29, 0.717) is 18.5 Å². The molecular weight excluding hydrogens is 290 g/mol. The van der Waals surface area contributed by atoms with Gasteiger partial charge in [-0.25, -0.2) is 0 Å². The lowest BCUT2D eigenvalue weighted by molar-refractivity contribution is -0.135. The van der Waals surface area contributed by atoms with Crippen LogP contribution in [-0.4, -0.2) is 48.2 Å². The van der Waals surface area contributed by atoms with Crippen LogP contribution in [0.15, 0.2) is 24.3 Å². The number of nitriles is 1. The van der Waals surface area contributed by atoms with Crippen LogP contribution in [0, 0.1) is 17.2 Å². The Morgan fingerprint density at radius 2 is 2.00 bits per heavy atom. The van der Waals surface area contributed by atoms with Crippen molar-refractivity contribution in [1.29, 1.82) is 5.26 Å². The highest BCUT2D eigenvalue weighted by atomic mass is 16.3. The number of carbonyl (C=O) groups is 1. The van der Waals surface area contributed by atoms with Gasteiger partial charge in [0, 0.05) is 32.1 Å². The summed E-state index contributed by atoms with van der Waals surface area (Å²) in [6.07, 6.45) is 2.75. The number of benzene rings is 1. The highest BCUT2D eigenvalue weighted by Crippen LogP contribution is 2.28.